The van der Waals surface area contributed by atoms with Crippen molar-refractivity contribution in [2.45, 2.75) is 0 Å². The van der Waals surface area contributed by atoms with Crippen molar-refractivity contribution in [3.05, 3.63) is 30.3 Å². The van der Waals surface area contributed by atoms with Gasteiger partial charge in [-0.2, -0.15) is 0 Å². The molecule has 0 aliphatic heterocycles. The SMILES string of the molecule is CNCC(=O)N(C)CCN(C)c1ccccc1. The van der Waals surface area contributed by atoms with Crippen LogP contribution in [0.2, 0.25) is 0 Å². The van der Waals surface area contributed by atoms with Gasteiger partial charge in [-0.15, -0.1) is 0 Å². The second kappa shape index (κ2) is 6.91. The van der Waals surface area contributed by atoms with E-state index in [1.807, 2.05) is 32.3 Å². The number of anilines is 1. The first-order valence-corrected chi connectivity index (χ1v) is 5.80. The molecular weight excluding hydrogens is 214 g/mol. The van der Waals surface area contributed by atoms with Crippen LogP contribution in [0.4, 0.5) is 5.69 Å². The summed E-state index contributed by atoms with van der Waals surface area (Å²) in [7, 11) is 5.64. The van der Waals surface area contributed by atoms with E-state index in [2.05, 4.69) is 22.3 Å². The molecule has 0 heterocycles. The lowest BCUT2D eigenvalue weighted by Gasteiger charge is -2.23. The molecule has 4 heteroatoms. The van der Waals surface area contributed by atoms with Crippen molar-refractivity contribution in [3.8, 4) is 0 Å². The Bertz CT molecular complexity index is 340. The van der Waals surface area contributed by atoms with Crippen LogP contribution in [0.3, 0.4) is 0 Å². The minimum atomic E-state index is 0.119. The lowest BCUT2D eigenvalue weighted by atomic mass is 10.3. The Labute approximate surface area is 103 Å². The van der Waals surface area contributed by atoms with E-state index in [0.29, 0.717) is 6.54 Å². The Kier molecular flexibility index (Phi) is 5.49. The molecule has 0 bridgehead atoms. The normalized spacial score (nSPS) is 10.1. The van der Waals surface area contributed by atoms with Crippen molar-refractivity contribution in [1.82, 2.24) is 10.2 Å². The van der Waals surface area contributed by atoms with Crippen LogP contribution in [-0.2, 0) is 4.79 Å². The van der Waals surface area contributed by atoms with Gasteiger partial charge in [0.05, 0.1) is 6.54 Å². The third kappa shape index (κ3) is 4.44. The summed E-state index contributed by atoms with van der Waals surface area (Å²) in [5.41, 5.74) is 1.17. The number of benzene rings is 1. The molecule has 94 valence electrons. The number of hydrogen-bond donors (Lipinski definition) is 1. The molecule has 0 unspecified atom stereocenters. The number of amides is 1. The van der Waals surface area contributed by atoms with E-state index in [4.69, 9.17) is 0 Å². The number of carbonyl (C=O) groups is 1. The van der Waals surface area contributed by atoms with Gasteiger partial charge in [-0.25, -0.2) is 0 Å². The molecule has 1 aromatic rings. The molecule has 0 radical (unpaired) electrons. The zero-order valence-electron chi connectivity index (χ0n) is 10.8. The summed E-state index contributed by atoms with van der Waals surface area (Å²) in [6.07, 6.45) is 0. The van der Waals surface area contributed by atoms with Crippen molar-refractivity contribution in [1.29, 1.82) is 0 Å². The summed E-state index contributed by atoms with van der Waals surface area (Å²) in [6, 6.07) is 10.2. The van der Waals surface area contributed by atoms with Gasteiger partial charge in [0, 0.05) is 32.9 Å². The molecular formula is C13H21N3O. The standard InChI is InChI=1S/C13H21N3O/c1-14-11-13(17)16(3)10-9-15(2)12-7-5-4-6-8-12/h4-8,14H,9-11H2,1-3H3. The maximum Gasteiger partial charge on any atom is 0.236 e. The number of carbonyl (C=O) groups excluding carboxylic acids is 1. The third-order valence-electron chi connectivity index (χ3n) is 2.72. The van der Waals surface area contributed by atoms with E-state index in [-0.39, 0.29) is 5.91 Å². The molecule has 0 saturated heterocycles. The van der Waals surface area contributed by atoms with Crippen LogP contribution >= 0.6 is 0 Å². The van der Waals surface area contributed by atoms with Gasteiger partial charge in [0.15, 0.2) is 0 Å². The number of nitrogens with zero attached hydrogens (tertiary/aromatic N) is 2. The smallest absolute Gasteiger partial charge is 0.236 e. The summed E-state index contributed by atoms with van der Waals surface area (Å²) in [5, 5.41) is 2.86. The highest BCUT2D eigenvalue weighted by Crippen LogP contribution is 2.10. The predicted molar refractivity (Wildman–Crippen MR) is 71.3 cm³/mol. The van der Waals surface area contributed by atoms with E-state index in [1.165, 1.54) is 5.69 Å². The third-order valence-corrected chi connectivity index (χ3v) is 2.72. The molecule has 0 spiro atoms. The predicted octanol–water partition coefficient (Wildman–Crippen LogP) is 0.801. The van der Waals surface area contributed by atoms with E-state index in [0.717, 1.165) is 13.1 Å². The second-order valence-electron chi connectivity index (χ2n) is 4.10. The van der Waals surface area contributed by atoms with Crippen LogP contribution in [0.1, 0.15) is 0 Å². The highest BCUT2D eigenvalue weighted by molar-refractivity contribution is 5.77. The summed E-state index contributed by atoms with van der Waals surface area (Å²) < 4.78 is 0. The van der Waals surface area contributed by atoms with Gasteiger partial charge in [0.1, 0.15) is 0 Å². The van der Waals surface area contributed by atoms with Crippen LogP contribution in [0.25, 0.3) is 0 Å². The van der Waals surface area contributed by atoms with Crippen molar-refractivity contribution in [2.24, 2.45) is 0 Å². The summed E-state index contributed by atoms with van der Waals surface area (Å²) >= 11 is 0. The summed E-state index contributed by atoms with van der Waals surface area (Å²) in [6.45, 7) is 1.95. The maximum absolute atomic E-state index is 11.5. The lowest BCUT2D eigenvalue weighted by Crippen LogP contribution is -2.38. The topological polar surface area (TPSA) is 35.6 Å². The largest absolute Gasteiger partial charge is 0.373 e. The minimum absolute atomic E-state index is 0.119. The van der Waals surface area contributed by atoms with Gasteiger partial charge in [-0.05, 0) is 19.2 Å². The van der Waals surface area contributed by atoms with Crippen LogP contribution in [-0.4, -0.2) is 51.6 Å². The second-order valence-corrected chi connectivity index (χ2v) is 4.10. The monoisotopic (exact) mass is 235 g/mol. The molecule has 0 aliphatic carbocycles. The van der Waals surface area contributed by atoms with Crippen LogP contribution < -0.4 is 10.2 Å². The Morgan fingerprint density at radius 1 is 1.18 bits per heavy atom. The summed E-state index contributed by atoms with van der Waals surface area (Å²) in [4.78, 5) is 15.4. The van der Waals surface area contributed by atoms with Gasteiger partial charge >= 0.3 is 0 Å². The van der Waals surface area contributed by atoms with Crippen LogP contribution in [0.5, 0.6) is 0 Å². The fourth-order valence-electron chi connectivity index (χ4n) is 1.52. The van der Waals surface area contributed by atoms with Crippen molar-refractivity contribution in [3.63, 3.8) is 0 Å². The zero-order valence-corrected chi connectivity index (χ0v) is 10.8. The highest BCUT2D eigenvalue weighted by atomic mass is 16.2. The van der Waals surface area contributed by atoms with Gasteiger partial charge in [0.25, 0.3) is 0 Å². The van der Waals surface area contributed by atoms with E-state index >= 15 is 0 Å². The first-order chi connectivity index (χ1) is 8.15. The average molecular weight is 235 g/mol. The lowest BCUT2D eigenvalue weighted by molar-refractivity contribution is -0.128. The Hall–Kier alpha value is -1.55. The van der Waals surface area contributed by atoms with Gasteiger partial charge in [-0.3, -0.25) is 4.79 Å². The molecule has 0 aliphatic rings. The van der Waals surface area contributed by atoms with E-state index < -0.39 is 0 Å². The van der Waals surface area contributed by atoms with Gasteiger partial charge < -0.3 is 15.1 Å². The molecule has 0 fully saturated rings. The van der Waals surface area contributed by atoms with Crippen molar-refractivity contribution < 1.29 is 4.79 Å². The van der Waals surface area contributed by atoms with E-state index in [9.17, 15) is 4.79 Å². The summed E-state index contributed by atoms with van der Waals surface area (Å²) in [5.74, 6) is 0.119. The van der Waals surface area contributed by atoms with Crippen LogP contribution in [0, 0.1) is 0 Å². The molecule has 1 aromatic carbocycles. The van der Waals surface area contributed by atoms with Crippen LogP contribution in [0.15, 0.2) is 30.3 Å². The first-order valence-electron chi connectivity index (χ1n) is 5.80. The Balaban J connectivity index is 2.38. The Morgan fingerprint density at radius 3 is 2.41 bits per heavy atom. The molecule has 1 N–H and O–H groups in total. The van der Waals surface area contributed by atoms with Gasteiger partial charge in [0.2, 0.25) is 5.91 Å². The number of rotatable bonds is 6. The first kappa shape index (κ1) is 13.5. The highest BCUT2D eigenvalue weighted by Gasteiger charge is 2.08. The minimum Gasteiger partial charge on any atom is -0.373 e. The molecule has 17 heavy (non-hydrogen) atoms. The fraction of sp³-hybridized carbons (Fsp3) is 0.462. The number of hydrogen-bond acceptors (Lipinski definition) is 3. The molecule has 0 aromatic heterocycles. The molecule has 0 atom stereocenters. The molecule has 1 rings (SSSR count). The van der Waals surface area contributed by atoms with Gasteiger partial charge in [-0.1, -0.05) is 18.2 Å². The van der Waals surface area contributed by atoms with Crippen molar-refractivity contribution >= 4 is 11.6 Å². The van der Waals surface area contributed by atoms with E-state index in [1.54, 1.807) is 11.9 Å². The molecule has 1 amide bonds. The average Bonchev–Trinajstić information content (AvgIpc) is 2.36. The maximum atomic E-state index is 11.5. The number of nitrogens with one attached hydrogen (secondary N) is 1. The number of likely N-dealkylation sites (N-methyl/N-ethyl adjacent to an activating group) is 3. The zero-order chi connectivity index (χ0) is 12.7. The van der Waals surface area contributed by atoms with Crippen molar-refractivity contribution in [2.75, 3.05) is 45.7 Å². The fourth-order valence-corrected chi connectivity index (χ4v) is 1.52. The quantitative estimate of drug-likeness (QED) is 0.792. The Morgan fingerprint density at radius 2 is 1.82 bits per heavy atom. The molecule has 0 saturated carbocycles. The molecule has 4 nitrogen and oxygen atoms in total. The number of para-hydroxylation sites is 1.